The Hall–Kier alpha value is -1.90. The monoisotopic (exact) mass is 563 g/mol. The van der Waals surface area contributed by atoms with Crippen molar-refractivity contribution in [2.45, 2.75) is 90.1 Å². The number of hydrogen-bond acceptors (Lipinski definition) is 7. The number of hydrogen-bond donors (Lipinski definition) is 1. The minimum atomic E-state index is -3.79. The van der Waals surface area contributed by atoms with Crippen LogP contribution >= 0.6 is 7.75 Å². The Morgan fingerprint density at radius 2 is 1.87 bits per heavy atom. The van der Waals surface area contributed by atoms with Gasteiger partial charge in [-0.25, -0.2) is 9.65 Å². The summed E-state index contributed by atoms with van der Waals surface area (Å²) in [5.74, 6) is 0.910. The lowest BCUT2D eigenvalue weighted by molar-refractivity contribution is -0.149. The summed E-state index contributed by atoms with van der Waals surface area (Å²) in [5.41, 5.74) is 2.11. The number of aromatic nitrogens is 1. The molecule has 0 saturated heterocycles. The molecule has 3 unspecified atom stereocenters. The molecule has 1 N–H and O–H groups in total. The van der Waals surface area contributed by atoms with Gasteiger partial charge in [0.25, 0.3) is 0 Å². The van der Waals surface area contributed by atoms with Crippen molar-refractivity contribution in [3.8, 4) is 5.75 Å². The topological polar surface area (TPSA) is 91.3 Å². The number of likely N-dealkylation sites (N-methyl/N-ethyl adjacent to an activating group) is 1. The molecule has 39 heavy (non-hydrogen) atoms. The number of carbonyl (C=O) groups excluding carboxylic acids is 1. The van der Waals surface area contributed by atoms with Gasteiger partial charge >= 0.3 is 13.7 Å². The van der Waals surface area contributed by atoms with Crippen LogP contribution in [0.2, 0.25) is 0 Å². The second-order valence-corrected chi connectivity index (χ2v) is 13.2. The highest BCUT2D eigenvalue weighted by Gasteiger charge is 2.32. The van der Waals surface area contributed by atoms with Crippen LogP contribution in [0.4, 0.5) is 0 Å². The summed E-state index contributed by atoms with van der Waals surface area (Å²) < 4.78 is 39.1. The zero-order valence-corrected chi connectivity index (χ0v) is 24.9. The van der Waals surface area contributed by atoms with Gasteiger partial charge in [0.2, 0.25) is 0 Å². The molecule has 1 aromatic carbocycles. The van der Waals surface area contributed by atoms with Gasteiger partial charge in [0.05, 0.1) is 18.7 Å². The zero-order valence-electron chi connectivity index (χ0n) is 24.0. The van der Waals surface area contributed by atoms with Crippen molar-refractivity contribution in [2.75, 3.05) is 34.3 Å². The van der Waals surface area contributed by atoms with E-state index in [2.05, 4.69) is 16.9 Å². The third-order valence-corrected chi connectivity index (χ3v) is 9.39. The minimum absolute atomic E-state index is 0.0248. The van der Waals surface area contributed by atoms with Crippen LogP contribution in [0.15, 0.2) is 24.4 Å². The van der Waals surface area contributed by atoms with E-state index in [9.17, 15) is 9.36 Å². The molecule has 0 bridgehead atoms. The quantitative estimate of drug-likeness (QED) is 0.238. The Morgan fingerprint density at radius 3 is 2.59 bits per heavy atom. The summed E-state index contributed by atoms with van der Waals surface area (Å²) >= 11 is 0. The fraction of sp³-hybridized carbons (Fsp3) is 0.690. The van der Waals surface area contributed by atoms with Crippen LogP contribution in [0, 0.1) is 5.92 Å². The summed E-state index contributed by atoms with van der Waals surface area (Å²) in [6.07, 6.45) is 11.5. The molecule has 0 spiro atoms. The molecular formula is C29H46N3O6P. The molecular weight excluding hydrogens is 517 g/mol. The van der Waals surface area contributed by atoms with Crippen molar-refractivity contribution >= 4 is 24.6 Å². The van der Waals surface area contributed by atoms with Crippen LogP contribution in [0.1, 0.15) is 70.3 Å². The lowest BCUT2D eigenvalue weighted by Gasteiger charge is -2.28. The third-order valence-electron chi connectivity index (χ3n) is 7.81. The first-order valence-electron chi connectivity index (χ1n) is 14.4. The number of ether oxygens (including phenoxy) is 2. The van der Waals surface area contributed by atoms with Crippen LogP contribution in [0.5, 0.6) is 5.75 Å². The highest BCUT2D eigenvalue weighted by Crippen LogP contribution is 2.47. The first kappa shape index (κ1) is 30.1. The van der Waals surface area contributed by atoms with Crippen LogP contribution in [0.25, 0.3) is 10.9 Å². The zero-order chi connectivity index (χ0) is 27.8. The second kappa shape index (κ2) is 14.1. The average molecular weight is 564 g/mol. The van der Waals surface area contributed by atoms with Crippen molar-refractivity contribution in [2.24, 2.45) is 5.92 Å². The molecule has 3 atom stereocenters. The normalized spacial score (nSPS) is 22.2. The first-order valence-corrected chi connectivity index (χ1v) is 16.0. The van der Waals surface area contributed by atoms with Crippen molar-refractivity contribution in [3.63, 3.8) is 0 Å². The van der Waals surface area contributed by atoms with E-state index in [1.807, 2.05) is 43.1 Å². The third kappa shape index (κ3) is 8.79. The van der Waals surface area contributed by atoms with Crippen molar-refractivity contribution in [1.29, 1.82) is 0 Å². The summed E-state index contributed by atoms with van der Waals surface area (Å²) in [6.45, 7) is 2.89. The number of fused-ring (bicyclic) bond motifs is 1. The number of benzene rings is 1. The lowest BCUT2D eigenvalue weighted by atomic mass is 9.89. The first-order chi connectivity index (χ1) is 18.7. The number of methoxy groups -OCH3 is 1. The fourth-order valence-corrected chi connectivity index (χ4v) is 7.05. The van der Waals surface area contributed by atoms with Gasteiger partial charge in [-0.05, 0) is 82.3 Å². The summed E-state index contributed by atoms with van der Waals surface area (Å²) in [6, 6.07) is 5.92. The Bertz CT molecular complexity index is 1130. The maximum Gasteiger partial charge on any atom is 0.408 e. The SMILES string of the molecule is COc1ccc2c(c1)c(CCN(C)C)cn2COP(=O)(NCC(=O)OC1CCCC(C)C1)OC1CCCCC1. The van der Waals surface area contributed by atoms with Gasteiger partial charge in [0, 0.05) is 18.1 Å². The summed E-state index contributed by atoms with van der Waals surface area (Å²) in [4.78, 5) is 14.8. The van der Waals surface area contributed by atoms with Crippen molar-refractivity contribution in [1.82, 2.24) is 14.6 Å². The molecule has 2 aromatic rings. The number of rotatable bonds is 13. The van der Waals surface area contributed by atoms with E-state index in [4.69, 9.17) is 18.5 Å². The minimum Gasteiger partial charge on any atom is -0.497 e. The smallest absolute Gasteiger partial charge is 0.408 e. The number of esters is 1. The molecule has 1 heterocycles. The molecule has 0 radical (unpaired) electrons. The van der Waals surface area contributed by atoms with Gasteiger partial charge in [-0.3, -0.25) is 13.8 Å². The number of nitrogens with zero attached hydrogens (tertiary/aromatic N) is 2. The predicted molar refractivity (Wildman–Crippen MR) is 153 cm³/mol. The largest absolute Gasteiger partial charge is 0.497 e. The van der Waals surface area contributed by atoms with Gasteiger partial charge < -0.3 is 18.9 Å². The summed E-state index contributed by atoms with van der Waals surface area (Å²) in [7, 11) is 1.96. The standard InChI is InChI=1S/C29H46N3O6P/c1-22-9-8-12-26(17-22)37-29(33)19-30-39(34,38-24-10-6-5-7-11-24)36-21-32-20-23(15-16-31(2)3)27-18-25(35-4)13-14-28(27)32/h13-14,18,20,22,24,26H,5-12,15-17,19,21H2,1-4H3,(H,30,34). The van der Waals surface area contributed by atoms with Gasteiger partial charge in [0.15, 0.2) is 0 Å². The highest BCUT2D eigenvalue weighted by atomic mass is 31.2. The highest BCUT2D eigenvalue weighted by molar-refractivity contribution is 7.51. The van der Waals surface area contributed by atoms with Crippen LogP contribution in [-0.4, -0.2) is 61.9 Å². The van der Waals surface area contributed by atoms with E-state index in [0.29, 0.717) is 5.92 Å². The Labute approximate surface area is 233 Å². The Kier molecular flexibility index (Phi) is 10.9. The molecule has 0 aliphatic heterocycles. The van der Waals surface area contributed by atoms with Crippen LogP contribution in [0.3, 0.4) is 0 Å². The molecule has 2 aliphatic carbocycles. The molecule has 9 nitrogen and oxygen atoms in total. The number of nitrogens with one attached hydrogen (secondary N) is 1. The van der Waals surface area contributed by atoms with Crippen LogP contribution in [-0.2, 0) is 36.3 Å². The van der Waals surface area contributed by atoms with E-state index >= 15 is 0 Å². The Balaban J connectivity index is 1.47. The summed E-state index contributed by atoms with van der Waals surface area (Å²) in [5, 5.41) is 3.89. The second-order valence-electron chi connectivity index (χ2n) is 11.4. The average Bonchev–Trinajstić information content (AvgIpc) is 3.27. The maximum atomic E-state index is 14.0. The van der Waals surface area contributed by atoms with E-state index in [1.165, 1.54) is 6.42 Å². The molecule has 10 heteroatoms. The number of carbonyl (C=O) groups is 1. The van der Waals surface area contributed by atoms with Gasteiger partial charge in [-0.1, -0.05) is 32.6 Å². The predicted octanol–water partition coefficient (Wildman–Crippen LogP) is 5.90. The molecule has 1 aromatic heterocycles. The molecule has 218 valence electrons. The van der Waals surface area contributed by atoms with Crippen molar-refractivity contribution < 1.29 is 27.9 Å². The molecule has 4 rings (SSSR count). The van der Waals surface area contributed by atoms with E-state index < -0.39 is 13.7 Å². The fourth-order valence-electron chi connectivity index (χ4n) is 5.62. The Morgan fingerprint density at radius 1 is 1.10 bits per heavy atom. The van der Waals surface area contributed by atoms with E-state index in [1.54, 1.807) is 7.11 Å². The van der Waals surface area contributed by atoms with E-state index in [0.717, 1.165) is 86.5 Å². The van der Waals surface area contributed by atoms with Gasteiger partial charge in [-0.15, -0.1) is 0 Å². The maximum absolute atomic E-state index is 14.0. The van der Waals surface area contributed by atoms with Gasteiger partial charge in [0.1, 0.15) is 25.1 Å². The van der Waals surface area contributed by atoms with Crippen LogP contribution < -0.4 is 9.82 Å². The molecule has 2 fully saturated rings. The van der Waals surface area contributed by atoms with E-state index in [-0.39, 0.29) is 25.5 Å². The lowest BCUT2D eigenvalue weighted by Crippen LogP contribution is -2.31. The van der Waals surface area contributed by atoms with Gasteiger partial charge in [-0.2, -0.15) is 0 Å². The molecule has 2 saturated carbocycles. The molecule has 2 aliphatic rings. The van der Waals surface area contributed by atoms with Crippen molar-refractivity contribution in [3.05, 3.63) is 30.0 Å². The molecule has 0 amide bonds.